The molecule has 3 rings (SSSR count). The standard InChI is InChI=1S/C18H27N3O2S2/c1-2-3-9-19-18(24)20-10-12-21(13-11-20)25(22,23)17-8-7-15-5-4-6-16(15)14-17/h7-8,14H,2-6,9-13H2,1H3,(H,19,24). The van der Waals surface area contributed by atoms with Crippen molar-refractivity contribution in [1.29, 1.82) is 0 Å². The first-order valence-electron chi connectivity index (χ1n) is 9.17. The van der Waals surface area contributed by atoms with Gasteiger partial charge in [-0.3, -0.25) is 0 Å². The summed E-state index contributed by atoms with van der Waals surface area (Å²) in [7, 11) is -3.41. The molecule has 25 heavy (non-hydrogen) atoms. The van der Waals surface area contributed by atoms with E-state index in [2.05, 4.69) is 17.1 Å². The van der Waals surface area contributed by atoms with E-state index in [1.165, 1.54) is 11.1 Å². The van der Waals surface area contributed by atoms with Crippen molar-refractivity contribution < 1.29 is 8.42 Å². The van der Waals surface area contributed by atoms with E-state index in [1.807, 2.05) is 12.1 Å². The molecule has 2 aliphatic rings. The van der Waals surface area contributed by atoms with Crippen molar-refractivity contribution in [3.05, 3.63) is 29.3 Å². The molecule has 0 aromatic heterocycles. The van der Waals surface area contributed by atoms with Crippen LogP contribution >= 0.6 is 12.2 Å². The van der Waals surface area contributed by atoms with Gasteiger partial charge in [0.1, 0.15) is 0 Å². The quantitative estimate of drug-likeness (QED) is 0.626. The van der Waals surface area contributed by atoms with Crippen molar-refractivity contribution in [3.8, 4) is 0 Å². The van der Waals surface area contributed by atoms with Gasteiger partial charge in [0.25, 0.3) is 0 Å². The van der Waals surface area contributed by atoms with E-state index >= 15 is 0 Å². The summed E-state index contributed by atoms with van der Waals surface area (Å²) < 4.78 is 27.5. The molecule has 0 saturated carbocycles. The molecule has 1 saturated heterocycles. The Hall–Kier alpha value is -1.18. The predicted octanol–water partition coefficient (Wildman–Crippen LogP) is 2.16. The molecule has 138 valence electrons. The number of sulfonamides is 1. The first kappa shape index (κ1) is 18.6. The Labute approximate surface area is 156 Å². The molecule has 1 heterocycles. The number of aryl methyl sites for hydroxylation is 2. The molecule has 1 aromatic rings. The van der Waals surface area contributed by atoms with Crippen molar-refractivity contribution in [2.45, 2.75) is 43.9 Å². The molecule has 0 unspecified atom stereocenters. The Bertz CT molecular complexity index is 726. The van der Waals surface area contributed by atoms with Gasteiger partial charge in [0, 0.05) is 32.7 Å². The summed E-state index contributed by atoms with van der Waals surface area (Å²) in [6.45, 7) is 5.27. The van der Waals surface area contributed by atoms with E-state index in [0.717, 1.165) is 43.8 Å². The molecular formula is C18H27N3O2S2. The fourth-order valence-electron chi connectivity index (χ4n) is 3.47. The van der Waals surface area contributed by atoms with E-state index in [1.54, 1.807) is 10.4 Å². The molecule has 1 aliphatic carbocycles. The van der Waals surface area contributed by atoms with Crippen molar-refractivity contribution in [1.82, 2.24) is 14.5 Å². The molecule has 5 nitrogen and oxygen atoms in total. The average Bonchev–Trinajstić information content (AvgIpc) is 3.09. The molecule has 0 radical (unpaired) electrons. The Kier molecular flexibility index (Phi) is 5.96. The maximum absolute atomic E-state index is 12.9. The Morgan fingerprint density at radius 1 is 1.16 bits per heavy atom. The topological polar surface area (TPSA) is 52.6 Å². The van der Waals surface area contributed by atoms with Crippen LogP contribution in [0.5, 0.6) is 0 Å². The van der Waals surface area contributed by atoms with Crippen molar-refractivity contribution in [3.63, 3.8) is 0 Å². The Morgan fingerprint density at radius 2 is 1.88 bits per heavy atom. The normalized spacial score (nSPS) is 18.2. The molecule has 0 atom stereocenters. The molecule has 1 fully saturated rings. The highest BCUT2D eigenvalue weighted by Crippen LogP contribution is 2.26. The third kappa shape index (κ3) is 4.15. The lowest BCUT2D eigenvalue weighted by Crippen LogP contribution is -2.53. The first-order chi connectivity index (χ1) is 12.0. The number of nitrogens with one attached hydrogen (secondary N) is 1. The molecule has 7 heteroatoms. The summed E-state index contributed by atoms with van der Waals surface area (Å²) >= 11 is 5.41. The highest BCUT2D eigenvalue weighted by atomic mass is 32.2. The molecular weight excluding hydrogens is 354 g/mol. The van der Waals surface area contributed by atoms with Crippen molar-refractivity contribution in [2.24, 2.45) is 0 Å². The summed E-state index contributed by atoms with van der Waals surface area (Å²) in [4.78, 5) is 2.50. The number of nitrogens with zero attached hydrogens (tertiary/aromatic N) is 2. The molecule has 1 aromatic carbocycles. The second-order valence-electron chi connectivity index (χ2n) is 6.76. The number of thiocarbonyl (C=S) groups is 1. The van der Waals surface area contributed by atoms with Gasteiger partial charge < -0.3 is 10.2 Å². The second kappa shape index (κ2) is 8.01. The van der Waals surface area contributed by atoms with Crippen LogP contribution in [0.1, 0.15) is 37.3 Å². The van der Waals surface area contributed by atoms with Gasteiger partial charge in [-0.2, -0.15) is 4.31 Å². The van der Waals surface area contributed by atoms with Crippen molar-refractivity contribution in [2.75, 3.05) is 32.7 Å². The fourth-order valence-corrected chi connectivity index (χ4v) is 5.23. The maximum atomic E-state index is 12.9. The van der Waals surface area contributed by atoms with E-state index in [9.17, 15) is 8.42 Å². The smallest absolute Gasteiger partial charge is 0.243 e. The number of unbranched alkanes of at least 4 members (excludes halogenated alkanes) is 1. The van der Waals surface area contributed by atoms with Crippen LogP contribution in [0.15, 0.2) is 23.1 Å². The zero-order valence-electron chi connectivity index (χ0n) is 14.8. The second-order valence-corrected chi connectivity index (χ2v) is 9.09. The number of hydrogen-bond donors (Lipinski definition) is 1. The largest absolute Gasteiger partial charge is 0.363 e. The van der Waals surface area contributed by atoms with Crippen LogP contribution in [0.2, 0.25) is 0 Å². The van der Waals surface area contributed by atoms with Crippen LogP contribution in [-0.4, -0.2) is 55.5 Å². The van der Waals surface area contributed by atoms with Gasteiger partial charge in [0.15, 0.2) is 5.11 Å². The van der Waals surface area contributed by atoms with E-state index in [-0.39, 0.29) is 0 Å². The van der Waals surface area contributed by atoms with Gasteiger partial charge in [0.2, 0.25) is 10.0 Å². The molecule has 1 N–H and O–H groups in total. The Balaban J connectivity index is 1.61. The molecule has 0 spiro atoms. The average molecular weight is 382 g/mol. The first-order valence-corrected chi connectivity index (χ1v) is 11.0. The maximum Gasteiger partial charge on any atom is 0.243 e. The van der Waals surface area contributed by atoms with Gasteiger partial charge in [-0.1, -0.05) is 19.4 Å². The minimum absolute atomic E-state index is 0.435. The fraction of sp³-hybridized carbons (Fsp3) is 0.611. The summed E-state index contributed by atoms with van der Waals surface area (Å²) in [6, 6.07) is 5.63. The highest BCUT2D eigenvalue weighted by Gasteiger charge is 2.30. The summed E-state index contributed by atoms with van der Waals surface area (Å²) in [6.07, 6.45) is 5.40. The summed E-state index contributed by atoms with van der Waals surface area (Å²) in [5.41, 5.74) is 2.49. The number of hydrogen-bond acceptors (Lipinski definition) is 3. The van der Waals surface area contributed by atoms with Crippen LogP contribution in [0, 0.1) is 0 Å². The molecule has 0 amide bonds. The van der Waals surface area contributed by atoms with Gasteiger partial charge in [-0.05, 0) is 61.2 Å². The highest BCUT2D eigenvalue weighted by molar-refractivity contribution is 7.89. The lowest BCUT2D eigenvalue weighted by Gasteiger charge is -2.35. The monoisotopic (exact) mass is 381 g/mol. The van der Waals surface area contributed by atoms with E-state index in [0.29, 0.717) is 31.1 Å². The summed E-state index contributed by atoms with van der Waals surface area (Å²) in [5, 5.41) is 4.00. The van der Waals surface area contributed by atoms with Crippen molar-refractivity contribution >= 4 is 27.4 Å². The summed E-state index contributed by atoms with van der Waals surface area (Å²) in [5.74, 6) is 0. The zero-order chi connectivity index (χ0) is 17.9. The van der Waals surface area contributed by atoms with E-state index in [4.69, 9.17) is 12.2 Å². The van der Waals surface area contributed by atoms with Crippen LogP contribution in [0.4, 0.5) is 0 Å². The van der Waals surface area contributed by atoms with Crippen LogP contribution < -0.4 is 5.32 Å². The predicted molar refractivity (Wildman–Crippen MR) is 104 cm³/mol. The third-order valence-corrected chi connectivity index (χ3v) is 7.34. The Morgan fingerprint density at radius 3 is 2.60 bits per heavy atom. The number of fused-ring (bicyclic) bond motifs is 1. The van der Waals surface area contributed by atoms with Crippen LogP contribution in [0.3, 0.4) is 0 Å². The zero-order valence-corrected chi connectivity index (χ0v) is 16.5. The van der Waals surface area contributed by atoms with Crippen LogP contribution in [-0.2, 0) is 22.9 Å². The third-order valence-electron chi connectivity index (χ3n) is 5.04. The minimum atomic E-state index is -3.41. The number of benzene rings is 1. The van der Waals surface area contributed by atoms with Gasteiger partial charge in [-0.25, -0.2) is 8.42 Å². The van der Waals surface area contributed by atoms with Crippen LogP contribution in [0.25, 0.3) is 0 Å². The van der Waals surface area contributed by atoms with Gasteiger partial charge in [-0.15, -0.1) is 0 Å². The number of piperazine rings is 1. The molecule has 0 bridgehead atoms. The minimum Gasteiger partial charge on any atom is -0.363 e. The molecule has 1 aliphatic heterocycles. The number of rotatable bonds is 5. The van der Waals surface area contributed by atoms with Gasteiger partial charge in [0.05, 0.1) is 4.90 Å². The lowest BCUT2D eigenvalue weighted by molar-refractivity contribution is 0.264. The lowest BCUT2D eigenvalue weighted by atomic mass is 10.1. The van der Waals surface area contributed by atoms with Gasteiger partial charge >= 0.3 is 0 Å². The van der Waals surface area contributed by atoms with E-state index < -0.39 is 10.0 Å². The SMILES string of the molecule is CCCCNC(=S)N1CCN(S(=O)(=O)c2ccc3c(c2)CCC3)CC1.